The zero-order valence-electron chi connectivity index (χ0n) is 14.0. The lowest BCUT2D eigenvalue weighted by Crippen LogP contribution is -2.44. The summed E-state index contributed by atoms with van der Waals surface area (Å²) in [6.07, 6.45) is 0. The van der Waals surface area contributed by atoms with Crippen LogP contribution in [0.5, 0.6) is 5.75 Å². The van der Waals surface area contributed by atoms with E-state index in [1.54, 1.807) is 50.2 Å². The zero-order valence-corrected chi connectivity index (χ0v) is 14.0. The number of carboxylic acids is 1. The first kappa shape index (κ1) is 18.4. The number of benzene rings is 2. The standard InChI is InChI=1S/C19H20FNO4/c1-12(2)17(19(23)24)21-18(22)14-6-3-5-13(9-14)11-25-16-8-4-7-15(20)10-16/h3-10,12,17H,11H2,1-2H3,(H,21,22)(H,23,24)/t17-/m0/s1. The summed E-state index contributed by atoms with van der Waals surface area (Å²) >= 11 is 0. The Hall–Kier alpha value is -2.89. The number of hydrogen-bond donors (Lipinski definition) is 2. The largest absolute Gasteiger partial charge is 0.489 e. The van der Waals surface area contributed by atoms with Crippen LogP contribution in [-0.2, 0) is 11.4 Å². The Morgan fingerprint density at radius 3 is 2.52 bits per heavy atom. The van der Waals surface area contributed by atoms with Gasteiger partial charge in [-0.1, -0.05) is 32.0 Å². The molecule has 1 atom stereocenters. The third-order valence-electron chi connectivity index (χ3n) is 3.61. The molecule has 5 nitrogen and oxygen atoms in total. The second-order valence-electron chi connectivity index (χ2n) is 5.98. The molecule has 25 heavy (non-hydrogen) atoms. The van der Waals surface area contributed by atoms with Gasteiger partial charge >= 0.3 is 5.97 Å². The molecule has 2 aromatic carbocycles. The maximum atomic E-state index is 13.1. The normalized spacial score (nSPS) is 11.8. The summed E-state index contributed by atoms with van der Waals surface area (Å²) in [5.74, 6) is -1.77. The van der Waals surface area contributed by atoms with Gasteiger partial charge in [0.1, 0.15) is 24.2 Å². The van der Waals surface area contributed by atoms with Crippen molar-refractivity contribution < 1.29 is 23.8 Å². The summed E-state index contributed by atoms with van der Waals surface area (Å²) < 4.78 is 18.6. The second-order valence-corrected chi connectivity index (χ2v) is 5.98. The van der Waals surface area contributed by atoms with Gasteiger partial charge in [-0.3, -0.25) is 4.79 Å². The molecule has 0 spiro atoms. The van der Waals surface area contributed by atoms with E-state index in [1.807, 2.05) is 0 Å². The van der Waals surface area contributed by atoms with Crippen molar-refractivity contribution in [1.29, 1.82) is 0 Å². The quantitative estimate of drug-likeness (QED) is 0.808. The number of amides is 1. The van der Waals surface area contributed by atoms with Gasteiger partial charge < -0.3 is 15.2 Å². The average molecular weight is 345 g/mol. The van der Waals surface area contributed by atoms with Gasteiger partial charge in [0.25, 0.3) is 5.91 Å². The van der Waals surface area contributed by atoms with Crippen molar-refractivity contribution in [2.24, 2.45) is 5.92 Å². The first-order chi connectivity index (χ1) is 11.9. The van der Waals surface area contributed by atoms with Crippen molar-refractivity contribution in [3.8, 4) is 5.75 Å². The molecule has 2 aromatic rings. The summed E-state index contributed by atoms with van der Waals surface area (Å²) in [6.45, 7) is 3.61. The van der Waals surface area contributed by atoms with Crippen LogP contribution in [0, 0.1) is 11.7 Å². The number of nitrogens with one attached hydrogen (secondary N) is 1. The fourth-order valence-corrected chi connectivity index (χ4v) is 2.26. The molecule has 0 aliphatic rings. The molecule has 1 amide bonds. The number of rotatable bonds is 7. The van der Waals surface area contributed by atoms with E-state index in [4.69, 9.17) is 9.84 Å². The Kier molecular flexibility index (Phi) is 6.11. The average Bonchev–Trinajstić information content (AvgIpc) is 2.57. The molecular formula is C19H20FNO4. The number of carbonyl (C=O) groups excluding carboxylic acids is 1. The molecule has 0 aliphatic heterocycles. The monoisotopic (exact) mass is 345 g/mol. The van der Waals surface area contributed by atoms with E-state index < -0.39 is 17.9 Å². The summed E-state index contributed by atoms with van der Waals surface area (Å²) in [5.41, 5.74) is 1.06. The minimum absolute atomic E-state index is 0.164. The minimum Gasteiger partial charge on any atom is -0.489 e. The highest BCUT2D eigenvalue weighted by atomic mass is 19.1. The van der Waals surface area contributed by atoms with E-state index in [0.717, 1.165) is 0 Å². The van der Waals surface area contributed by atoms with Crippen LogP contribution in [0.25, 0.3) is 0 Å². The van der Waals surface area contributed by atoms with Gasteiger partial charge in [0.15, 0.2) is 0 Å². The van der Waals surface area contributed by atoms with Crippen LogP contribution in [-0.4, -0.2) is 23.0 Å². The number of ether oxygens (including phenoxy) is 1. The molecule has 0 heterocycles. The predicted octanol–water partition coefficient (Wildman–Crippen LogP) is 3.24. The van der Waals surface area contributed by atoms with Crippen molar-refractivity contribution in [3.05, 3.63) is 65.5 Å². The molecule has 0 aromatic heterocycles. The van der Waals surface area contributed by atoms with Crippen LogP contribution in [0.1, 0.15) is 29.8 Å². The highest BCUT2D eigenvalue weighted by Gasteiger charge is 2.23. The number of aliphatic carboxylic acids is 1. The maximum Gasteiger partial charge on any atom is 0.326 e. The first-order valence-electron chi connectivity index (χ1n) is 7.88. The van der Waals surface area contributed by atoms with Gasteiger partial charge in [0, 0.05) is 11.6 Å². The fraction of sp³-hybridized carbons (Fsp3) is 0.263. The molecular weight excluding hydrogens is 325 g/mol. The molecule has 0 bridgehead atoms. The van der Waals surface area contributed by atoms with Crippen LogP contribution in [0.15, 0.2) is 48.5 Å². The van der Waals surface area contributed by atoms with Crippen LogP contribution >= 0.6 is 0 Å². The minimum atomic E-state index is -1.08. The van der Waals surface area contributed by atoms with Crippen molar-refractivity contribution in [3.63, 3.8) is 0 Å². The molecule has 0 saturated heterocycles. The molecule has 0 saturated carbocycles. The van der Waals surface area contributed by atoms with Gasteiger partial charge in [-0.25, -0.2) is 9.18 Å². The first-order valence-corrected chi connectivity index (χ1v) is 7.88. The third kappa shape index (κ3) is 5.31. The van der Waals surface area contributed by atoms with Gasteiger partial charge in [-0.15, -0.1) is 0 Å². The highest BCUT2D eigenvalue weighted by molar-refractivity contribution is 5.96. The molecule has 6 heteroatoms. The lowest BCUT2D eigenvalue weighted by Gasteiger charge is -2.18. The number of hydrogen-bond acceptors (Lipinski definition) is 3. The molecule has 0 fully saturated rings. The Morgan fingerprint density at radius 1 is 1.16 bits per heavy atom. The maximum absolute atomic E-state index is 13.1. The lowest BCUT2D eigenvalue weighted by molar-refractivity contribution is -0.140. The topological polar surface area (TPSA) is 75.6 Å². The zero-order chi connectivity index (χ0) is 18.4. The van der Waals surface area contributed by atoms with Crippen LogP contribution in [0.4, 0.5) is 4.39 Å². The van der Waals surface area contributed by atoms with Crippen LogP contribution < -0.4 is 10.1 Å². The van der Waals surface area contributed by atoms with E-state index in [2.05, 4.69) is 5.32 Å². The number of halogens is 1. The van der Waals surface area contributed by atoms with E-state index in [0.29, 0.717) is 16.9 Å². The molecule has 132 valence electrons. The van der Waals surface area contributed by atoms with E-state index in [-0.39, 0.29) is 18.3 Å². The Bertz CT molecular complexity index is 761. The van der Waals surface area contributed by atoms with Gasteiger partial charge in [-0.05, 0) is 35.7 Å². The van der Waals surface area contributed by atoms with Crippen LogP contribution in [0.3, 0.4) is 0 Å². The second kappa shape index (κ2) is 8.28. The van der Waals surface area contributed by atoms with Crippen molar-refractivity contribution >= 4 is 11.9 Å². The summed E-state index contributed by atoms with van der Waals surface area (Å²) in [7, 11) is 0. The van der Waals surface area contributed by atoms with E-state index in [9.17, 15) is 14.0 Å². The Labute approximate surface area is 145 Å². The smallest absolute Gasteiger partial charge is 0.326 e. The molecule has 0 radical (unpaired) electrons. The van der Waals surface area contributed by atoms with E-state index in [1.165, 1.54) is 12.1 Å². The molecule has 0 unspecified atom stereocenters. The predicted molar refractivity (Wildman–Crippen MR) is 90.9 cm³/mol. The van der Waals surface area contributed by atoms with Gasteiger partial charge in [0.2, 0.25) is 0 Å². The summed E-state index contributed by atoms with van der Waals surface area (Å²) in [5, 5.41) is 11.7. The van der Waals surface area contributed by atoms with Crippen LogP contribution in [0.2, 0.25) is 0 Å². The highest BCUT2D eigenvalue weighted by Crippen LogP contribution is 2.15. The Balaban J connectivity index is 2.05. The van der Waals surface area contributed by atoms with Gasteiger partial charge in [-0.2, -0.15) is 0 Å². The number of carboxylic acid groups (broad SMARTS) is 1. The number of carbonyl (C=O) groups is 2. The van der Waals surface area contributed by atoms with E-state index >= 15 is 0 Å². The van der Waals surface area contributed by atoms with Crippen molar-refractivity contribution in [2.45, 2.75) is 26.5 Å². The third-order valence-corrected chi connectivity index (χ3v) is 3.61. The van der Waals surface area contributed by atoms with Crippen molar-refractivity contribution in [2.75, 3.05) is 0 Å². The fourth-order valence-electron chi connectivity index (χ4n) is 2.26. The SMILES string of the molecule is CC(C)[C@H](NC(=O)c1cccc(COc2cccc(F)c2)c1)C(=O)O. The van der Waals surface area contributed by atoms with Gasteiger partial charge in [0.05, 0.1) is 0 Å². The Morgan fingerprint density at radius 2 is 1.88 bits per heavy atom. The molecule has 2 N–H and O–H groups in total. The van der Waals surface area contributed by atoms with Crippen molar-refractivity contribution in [1.82, 2.24) is 5.32 Å². The molecule has 0 aliphatic carbocycles. The summed E-state index contributed by atoms with van der Waals surface area (Å²) in [6, 6.07) is 11.5. The lowest BCUT2D eigenvalue weighted by atomic mass is 10.0. The molecule has 2 rings (SSSR count). The summed E-state index contributed by atoms with van der Waals surface area (Å²) in [4.78, 5) is 23.5.